The van der Waals surface area contributed by atoms with Crippen molar-refractivity contribution < 1.29 is 27.9 Å². The van der Waals surface area contributed by atoms with Crippen molar-refractivity contribution in [2.45, 2.75) is 38.4 Å². The van der Waals surface area contributed by atoms with E-state index in [1.54, 1.807) is 0 Å². The number of rotatable bonds is 9. The van der Waals surface area contributed by atoms with Crippen LogP contribution in [0.1, 0.15) is 32.6 Å². The Balaban J connectivity index is 4.74. The van der Waals surface area contributed by atoms with E-state index in [0.29, 0.717) is 6.42 Å². The van der Waals surface area contributed by atoms with Gasteiger partial charge in [-0.15, -0.1) is 0 Å². The molecule has 0 saturated heterocycles. The lowest BCUT2D eigenvalue weighted by atomic mass is 10.2. The van der Waals surface area contributed by atoms with Crippen LogP contribution in [0.25, 0.3) is 0 Å². The average Bonchev–Trinajstić information content (AvgIpc) is 2.43. The number of unbranched alkanes of at least 4 members (excludes halogenated alkanes) is 2. The van der Waals surface area contributed by atoms with E-state index >= 15 is 0 Å². The van der Waals surface area contributed by atoms with Crippen LogP contribution < -0.4 is 5.32 Å². The van der Waals surface area contributed by atoms with Crippen molar-refractivity contribution in [3.05, 3.63) is 0 Å². The minimum absolute atomic E-state index is 0.245. The molecule has 0 aliphatic rings. The first-order valence-corrected chi connectivity index (χ1v) is 7.64. The molecule has 1 N–H and O–H groups in total. The molecule has 0 aromatic carbocycles. The first kappa shape index (κ1) is 18.1. The Labute approximate surface area is 113 Å². The lowest BCUT2D eigenvalue weighted by molar-refractivity contribution is -0.143. The molecule has 0 bridgehead atoms. The maximum Gasteiger partial charge on any atom is 0.363 e. The summed E-state index contributed by atoms with van der Waals surface area (Å²) in [5, 5.41) is 2.34. The number of methoxy groups -OCH3 is 1. The summed E-state index contributed by atoms with van der Waals surface area (Å²) in [7, 11) is -0.346. The SMILES string of the molecule is CCCCCC(=O)NC(C(=O)OC)P(=O)(OC)OC. The Kier molecular flexibility index (Phi) is 8.63. The molecule has 0 radical (unpaired) electrons. The predicted molar refractivity (Wildman–Crippen MR) is 69.7 cm³/mol. The molecule has 0 aromatic rings. The van der Waals surface area contributed by atoms with Gasteiger partial charge in [-0.1, -0.05) is 19.8 Å². The predicted octanol–water partition coefficient (Wildman–Crippen LogP) is 1.67. The molecule has 1 unspecified atom stereocenters. The van der Waals surface area contributed by atoms with Crippen molar-refractivity contribution in [3.63, 3.8) is 0 Å². The van der Waals surface area contributed by atoms with E-state index in [0.717, 1.165) is 34.2 Å². The molecule has 0 aromatic heterocycles. The zero-order valence-electron chi connectivity index (χ0n) is 11.8. The van der Waals surface area contributed by atoms with Gasteiger partial charge in [-0.25, -0.2) is 4.79 Å². The maximum atomic E-state index is 12.2. The van der Waals surface area contributed by atoms with Gasteiger partial charge in [0.1, 0.15) is 0 Å². The molecular weight excluding hydrogens is 273 g/mol. The first-order chi connectivity index (χ1) is 8.95. The lowest BCUT2D eigenvalue weighted by Gasteiger charge is -2.23. The minimum Gasteiger partial charge on any atom is -0.467 e. The van der Waals surface area contributed by atoms with Crippen LogP contribution >= 0.6 is 7.60 Å². The summed E-state index contributed by atoms with van der Waals surface area (Å²) in [6, 6.07) is 0. The average molecular weight is 295 g/mol. The van der Waals surface area contributed by atoms with E-state index < -0.39 is 25.3 Å². The van der Waals surface area contributed by atoms with Gasteiger partial charge in [-0.2, -0.15) is 0 Å². The van der Waals surface area contributed by atoms with E-state index in [1.807, 2.05) is 6.92 Å². The second-order valence-corrected chi connectivity index (χ2v) is 6.18. The van der Waals surface area contributed by atoms with Gasteiger partial charge < -0.3 is 19.1 Å². The molecule has 0 saturated carbocycles. The maximum absolute atomic E-state index is 12.2. The summed E-state index contributed by atoms with van der Waals surface area (Å²) < 4.78 is 26.1. The monoisotopic (exact) mass is 295 g/mol. The molecule has 112 valence electrons. The van der Waals surface area contributed by atoms with Crippen molar-refractivity contribution in [2.24, 2.45) is 0 Å². The fraction of sp³-hybridized carbons (Fsp3) is 0.818. The Hall–Kier alpha value is -0.910. The molecule has 1 atom stereocenters. The zero-order valence-corrected chi connectivity index (χ0v) is 12.7. The highest BCUT2D eigenvalue weighted by Gasteiger charge is 2.42. The normalized spacial score (nSPS) is 12.8. The van der Waals surface area contributed by atoms with Crippen molar-refractivity contribution in [1.82, 2.24) is 5.32 Å². The highest BCUT2D eigenvalue weighted by molar-refractivity contribution is 7.55. The highest BCUT2D eigenvalue weighted by Crippen LogP contribution is 2.50. The minimum atomic E-state index is -3.76. The summed E-state index contributed by atoms with van der Waals surface area (Å²) in [5.41, 5.74) is 0. The summed E-state index contributed by atoms with van der Waals surface area (Å²) in [5.74, 6) is -2.70. The molecule has 19 heavy (non-hydrogen) atoms. The van der Waals surface area contributed by atoms with E-state index in [-0.39, 0.29) is 6.42 Å². The van der Waals surface area contributed by atoms with Crippen LogP contribution in [-0.2, 0) is 27.9 Å². The van der Waals surface area contributed by atoms with E-state index in [9.17, 15) is 14.2 Å². The molecule has 0 aliphatic heterocycles. The standard InChI is InChI=1S/C11H22NO6P/c1-5-6-7-8-9(13)12-10(11(14)16-2)19(15,17-3)18-4/h10H,5-8H2,1-4H3,(H,12,13). The molecule has 0 heterocycles. The van der Waals surface area contributed by atoms with Crippen molar-refractivity contribution in [1.29, 1.82) is 0 Å². The summed E-state index contributed by atoms with van der Waals surface area (Å²) in [4.78, 5) is 23.2. The smallest absolute Gasteiger partial charge is 0.363 e. The van der Waals surface area contributed by atoms with Gasteiger partial charge >= 0.3 is 13.6 Å². The third-order valence-corrected chi connectivity index (χ3v) is 4.55. The Morgan fingerprint density at radius 2 is 1.74 bits per heavy atom. The van der Waals surface area contributed by atoms with Crippen LogP contribution in [0, 0.1) is 0 Å². The van der Waals surface area contributed by atoms with Gasteiger partial charge in [-0.3, -0.25) is 9.36 Å². The Morgan fingerprint density at radius 1 is 1.16 bits per heavy atom. The summed E-state index contributed by atoms with van der Waals surface area (Å²) in [6.07, 6.45) is 2.82. The number of ether oxygens (including phenoxy) is 1. The van der Waals surface area contributed by atoms with E-state index in [4.69, 9.17) is 9.05 Å². The lowest BCUT2D eigenvalue weighted by Crippen LogP contribution is -2.41. The zero-order chi connectivity index (χ0) is 14.9. The quantitative estimate of drug-likeness (QED) is 0.395. The molecule has 7 nitrogen and oxygen atoms in total. The number of carbonyl (C=O) groups is 2. The van der Waals surface area contributed by atoms with E-state index in [2.05, 4.69) is 10.1 Å². The molecule has 0 fully saturated rings. The number of amides is 1. The summed E-state index contributed by atoms with van der Waals surface area (Å²) >= 11 is 0. The number of carbonyl (C=O) groups excluding carboxylic acids is 2. The Bertz CT molecular complexity index is 338. The summed E-state index contributed by atoms with van der Waals surface area (Å²) in [6.45, 7) is 2.01. The number of hydrogen-bond donors (Lipinski definition) is 1. The number of nitrogens with one attached hydrogen (secondary N) is 1. The molecule has 8 heteroatoms. The largest absolute Gasteiger partial charge is 0.467 e. The van der Waals surface area contributed by atoms with Crippen LogP contribution in [0.2, 0.25) is 0 Å². The van der Waals surface area contributed by atoms with Crippen molar-refractivity contribution >= 4 is 19.5 Å². The highest BCUT2D eigenvalue weighted by atomic mass is 31.2. The van der Waals surface area contributed by atoms with Gasteiger partial charge in [0.25, 0.3) is 0 Å². The fourth-order valence-electron chi connectivity index (χ4n) is 1.42. The van der Waals surface area contributed by atoms with Gasteiger partial charge in [-0.05, 0) is 6.42 Å². The second-order valence-electron chi connectivity index (χ2n) is 3.86. The van der Waals surface area contributed by atoms with Crippen LogP contribution in [0.4, 0.5) is 0 Å². The number of esters is 1. The third kappa shape index (κ3) is 5.72. The molecule has 0 rings (SSSR count). The van der Waals surface area contributed by atoms with Crippen LogP contribution in [0.3, 0.4) is 0 Å². The van der Waals surface area contributed by atoms with E-state index in [1.165, 1.54) is 0 Å². The molecule has 0 aliphatic carbocycles. The van der Waals surface area contributed by atoms with Gasteiger partial charge in [0.15, 0.2) is 0 Å². The molecule has 0 spiro atoms. The van der Waals surface area contributed by atoms with Crippen LogP contribution in [-0.4, -0.2) is 39.0 Å². The van der Waals surface area contributed by atoms with Crippen LogP contribution in [0.15, 0.2) is 0 Å². The van der Waals surface area contributed by atoms with Crippen molar-refractivity contribution in [2.75, 3.05) is 21.3 Å². The van der Waals surface area contributed by atoms with Gasteiger partial charge in [0, 0.05) is 20.6 Å². The fourth-order valence-corrected chi connectivity index (χ4v) is 2.66. The van der Waals surface area contributed by atoms with Gasteiger partial charge in [0.2, 0.25) is 11.7 Å². The Morgan fingerprint density at radius 3 is 2.16 bits per heavy atom. The molecule has 1 amide bonds. The third-order valence-electron chi connectivity index (χ3n) is 2.55. The number of hydrogen-bond acceptors (Lipinski definition) is 6. The second kappa shape index (κ2) is 9.07. The van der Waals surface area contributed by atoms with Crippen LogP contribution in [0.5, 0.6) is 0 Å². The van der Waals surface area contributed by atoms with Crippen molar-refractivity contribution in [3.8, 4) is 0 Å². The van der Waals surface area contributed by atoms with Gasteiger partial charge in [0.05, 0.1) is 7.11 Å². The first-order valence-electron chi connectivity index (χ1n) is 6.03. The molecular formula is C11H22NO6P. The topological polar surface area (TPSA) is 90.9 Å².